The Balaban J connectivity index is 0.000000176. The molecule has 0 aromatic heterocycles. The average molecular weight is 770 g/mol. The topological polar surface area (TPSA) is 9.23 Å². The third-order valence-corrected chi connectivity index (χ3v) is 12.3. The van der Waals surface area contributed by atoms with E-state index in [9.17, 15) is 0 Å². The molecule has 0 saturated carbocycles. The molecule has 0 saturated heterocycles. The average Bonchev–Trinajstić information content (AvgIpc) is 3.68. The number of thiol groups is 5. The highest BCUT2D eigenvalue weighted by Gasteiger charge is 2.32. The van der Waals surface area contributed by atoms with Gasteiger partial charge in [-0.3, -0.25) is 0 Å². The lowest BCUT2D eigenvalue weighted by molar-refractivity contribution is 0.414. The number of ether oxygens (including phenoxy) is 1. The fourth-order valence-electron chi connectivity index (χ4n) is 3.44. The van der Waals surface area contributed by atoms with Crippen LogP contribution in [0.15, 0.2) is 170 Å². The van der Waals surface area contributed by atoms with Gasteiger partial charge in [-0.05, 0) is 91.5 Å². The summed E-state index contributed by atoms with van der Waals surface area (Å²) in [6.45, 7) is 8.22. The van der Waals surface area contributed by atoms with Gasteiger partial charge in [0, 0.05) is 29.2 Å². The summed E-state index contributed by atoms with van der Waals surface area (Å²) >= 11 is 23.6. The number of fused-ring (bicyclic) bond motifs is 2. The van der Waals surface area contributed by atoms with Crippen molar-refractivity contribution in [3.63, 3.8) is 0 Å². The highest BCUT2D eigenvalue weighted by Crippen LogP contribution is 2.56. The first-order valence-corrected chi connectivity index (χ1v) is 19.8. The Bertz CT molecular complexity index is 1540. The van der Waals surface area contributed by atoms with Crippen LogP contribution in [0, 0.1) is 6.92 Å². The van der Waals surface area contributed by atoms with E-state index in [1.54, 1.807) is 7.11 Å². The molecule has 0 radical (unpaired) electrons. The van der Waals surface area contributed by atoms with Gasteiger partial charge in [0.15, 0.2) is 4.90 Å². The van der Waals surface area contributed by atoms with E-state index in [-0.39, 0.29) is 4.75 Å². The standard InChI is InChI=1S/C14H8S4.C7H8OS.C7H8S.C6H6S.C4H10S/c1-2-6-10-9(5-1)15-13(16-10)14-17-11-7-3-4-8-12(11)18-14;1-8-6-2-4-7(9)5-3-6;1-6-2-4-7(8)5-3-6;7-6-4-2-1-3-5-6;1-4(2,3)5/h1-8H;2-5,9H,1H3;2-5,8H,1H3;1-5,7H;5H,1-3H3/p+1. The monoisotopic (exact) mass is 769 g/mol. The van der Waals surface area contributed by atoms with E-state index in [0.29, 0.717) is 0 Å². The Morgan fingerprint density at radius 3 is 1.40 bits per heavy atom. The van der Waals surface area contributed by atoms with Crippen molar-refractivity contribution in [2.24, 2.45) is 0 Å². The molecule has 5 aromatic rings. The quantitative estimate of drug-likeness (QED) is 0.0998. The summed E-state index contributed by atoms with van der Waals surface area (Å²) in [5.41, 5.74) is 1.28. The molecule has 0 atom stereocenters. The van der Waals surface area contributed by atoms with Crippen LogP contribution in [0.3, 0.4) is 0 Å². The second-order valence-corrected chi connectivity index (χ2v) is 18.7. The zero-order valence-electron chi connectivity index (χ0n) is 27.0. The molecule has 7 rings (SSSR count). The van der Waals surface area contributed by atoms with E-state index >= 15 is 0 Å². The van der Waals surface area contributed by atoms with Crippen LogP contribution in [-0.4, -0.2) is 11.9 Å². The van der Waals surface area contributed by atoms with Crippen LogP contribution in [0.25, 0.3) is 0 Å². The van der Waals surface area contributed by atoms with Crippen molar-refractivity contribution in [2.45, 2.75) is 66.7 Å². The van der Waals surface area contributed by atoms with E-state index in [4.69, 9.17) is 4.74 Å². The third kappa shape index (κ3) is 16.1. The van der Waals surface area contributed by atoms with Crippen molar-refractivity contribution in [2.75, 3.05) is 7.11 Å². The largest absolute Gasteiger partial charge is 0.497 e. The van der Waals surface area contributed by atoms with Crippen molar-refractivity contribution in [3.8, 4) is 5.75 Å². The lowest BCUT2D eigenvalue weighted by atomic mass is 10.2. The lowest BCUT2D eigenvalue weighted by Gasteiger charge is -2.04. The van der Waals surface area contributed by atoms with Crippen LogP contribution in [0.2, 0.25) is 0 Å². The van der Waals surface area contributed by atoms with Crippen LogP contribution in [0.1, 0.15) is 26.3 Å². The Morgan fingerprint density at radius 1 is 0.553 bits per heavy atom. The van der Waals surface area contributed by atoms with E-state index in [2.05, 4.69) is 127 Å². The van der Waals surface area contributed by atoms with Gasteiger partial charge >= 0.3 is 0 Å². The summed E-state index contributed by atoms with van der Waals surface area (Å²) in [6.07, 6.45) is 0. The van der Waals surface area contributed by atoms with Crippen LogP contribution in [0.4, 0.5) is 0 Å². The molecule has 246 valence electrons. The molecule has 2 heterocycles. The van der Waals surface area contributed by atoms with Crippen LogP contribution in [-0.2, 0) is 11.8 Å². The van der Waals surface area contributed by atoms with Crippen LogP contribution in [0.5, 0.6) is 5.75 Å². The zero-order chi connectivity index (χ0) is 34.2. The zero-order valence-corrected chi connectivity index (χ0v) is 33.9. The fraction of sp³-hybridized carbons (Fsp3) is 0.158. The molecule has 2 aliphatic heterocycles. The van der Waals surface area contributed by atoms with Gasteiger partial charge in [-0.25, -0.2) is 0 Å². The summed E-state index contributed by atoms with van der Waals surface area (Å²) in [5.74, 6) is 0.868. The van der Waals surface area contributed by atoms with Gasteiger partial charge in [0.05, 0.1) is 23.8 Å². The van der Waals surface area contributed by atoms with Gasteiger partial charge in [0.2, 0.25) is 4.24 Å². The molecule has 0 unspecified atom stereocenters. The number of thioether (sulfide) groups is 3. The Labute approximate surface area is 320 Å². The van der Waals surface area contributed by atoms with Crippen molar-refractivity contribution in [3.05, 3.63) is 141 Å². The normalized spacial score (nSPS) is 12.4. The van der Waals surface area contributed by atoms with E-state index in [1.165, 1.54) is 45.4 Å². The second-order valence-electron chi connectivity index (χ2n) is 11.0. The van der Waals surface area contributed by atoms with Gasteiger partial charge in [0.25, 0.3) is 0 Å². The van der Waals surface area contributed by atoms with Gasteiger partial charge in [-0.15, -0.1) is 37.9 Å². The Kier molecular flexibility index (Phi) is 17.7. The SMILES string of the molecule is CC(C)(C)S.COc1ccc(S)cc1.Cc1ccc(S)cc1.Sc1ccccc1.c1ccc2c(c1)SC(=C1Sc3ccccc3[SH+]1)S2. The number of hydrogen-bond donors (Lipinski definition) is 4. The van der Waals surface area contributed by atoms with Gasteiger partial charge < -0.3 is 4.74 Å². The summed E-state index contributed by atoms with van der Waals surface area (Å²) in [4.78, 5) is 8.66. The molecule has 0 aliphatic carbocycles. The van der Waals surface area contributed by atoms with E-state index < -0.39 is 0 Å². The molecule has 0 fully saturated rings. The summed E-state index contributed by atoms with van der Waals surface area (Å²) < 4.78 is 8.08. The minimum Gasteiger partial charge on any atom is -0.497 e. The highest BCUT2D eigenvalue weighted by molar-refractivity contribution is 8.27. The van der Waals surface area contributed by atoms with Crippen molar-refractivity contribution in [1.29, 1.82) is 0 Å². The summed E-state index contributed by atoms with van der Waals surface area (Å²) in [6, 6.07) is 42.7. The highest BCUT2D eigenvalue weighted by atomic mass is 32.2. The maximum Gasteiger partial charge on any atom is 0.217 e. The molecular formula is C38H41OS8+. The number of methoxy groups -OCH3 is 1. The summed E-state index contributed by atoms with van der Waals surface area (Å²) in [7, 11) is 1.65. The predicted molar refractivity (Wildman–Crippen MR) is 226 cm³/mol. The molecule has 2 aliphatic rings. The maximum absolute atomic E-state index is 4.94. The maximum atomic E-state index is 4.94. The first-order valence-electron chi connectivity index (χ1n) is 14.6. The van der Waals surface area contributed by atoms with Crippen molar-refractivity contribution >= 4 is 97.6 Å². The van der Waals surface area contributed by atoms with Crippen molar-refractivity contribution < 1.29 is 4.74 Å². The third-order valence-electron chi connectivity index (χ3n) is 5.59. The smallest absolute Gasteiger partial charge is 0.217 e. The molecule has 0 bridgehead atoms. The van der Waals surface area contributed by atoms with E-state index in [1.807, 2.05) is 114 Å². The Morgan fingerprint density at radius 2 is 0.979 bits per heavy atom. The first-order chi connectivity index (χ1) is 22.4. The molecule has 0 spiro atoms. The predicted octanol–water partition coefficient (Wildman–Crippen LogP) is 12.9. The minimum atomic E-state index is 0.194. The fourth-order valence-corrected chi connectivity index (χ4v) is 9.43. The number of rotatable bonds is 1. The van der Waals surface area contributed by atoms with Gasteiger partial charge in [-0.2, -0.15) is 12.6 Å². The van der Waals surface area contributed by atoms with Gasteiger partial charge in [0.1, 0.15) is 9.99 Å². The van der Waals surface area contributed by atoms with Crippen molar-refractivity contribution in [1.82, 2.24) is 0 Å². The molecule has 1 nitrogen and oxygen atoms in total. The Hall–Kier alpha value is -1.56. The van der Waals surface area contributed by atoms with E-state index in [0.717, 1.165) is 20.4 Å². The van der Waals surface area contributed by atoms with Gasteiger partial charge in [-0.1, -0.05) is 104 Å². The minimum absolute atomic E-state index is 0.194. The summed E-state index contributed by atoms with van der Waals surface area (Å²) in [5, 5.41) is 0. The van der Waals surface area contributed by atoms with Crippen LogP contribution >= 0.6 is 85.8 Å². The molecule has 5 aromatic carbocycles. The van der Waals surface area contributed by atoms with Crippen LogP contribution < -0.4 is 4.74 Å². The molecule has 0 N–H and O–H groups in total. The molecule has 47 heavy (non-hydrogen) atoms. The molecule has 0 amide bonds. The lowest BCUT2D eigenvalue weighted by Crippen LogP contribution is -1.99. The number of aryl methyl sites for hydroxylation is 1. The molecular weight excluding hydrogens is 729 g/mol. The second kappa shape index (κ2) is 20.8. The first kappa shape index (κ1) is 39.9. The molecule has 9 heteroatoms. The number of hydrogen-bond acceptors (Lipinski definition) is 8. The number of benzene rings is 5.